The molecule has 202 valence electrons. The van der Waals surface area contributed by atoms with E-state index in [9.17, 15) is 22.4 Å². The van der Waals surface area contributed by atoms with Crippen molar-refractivity contribution in [2.75, 3.05) is 13.1 Å². The lowest BCUT2D eigenvalue weighted by Crippen LogP contribution is -2.61. The number of hydrogen-bond acceptors (Lipinski definition) is 2. The number of fused-ring (bicyclic) bond motifs is 2. The van der Waals surface area contributed by atoms with E-state index in [0.29, 0.717) is 18.9 Å². The number of nitrogens with zero attached hydrogens (tertiary/aromatic N) is 1. The number of rotatable bonds is 5. The van der Waals surface area contributed by atoms with E-state index < -0.39 is 23.0 Å². The number of benzene rings is 3. The summed E-state index contributed by atoms with van der Waals surface area (Å²) in [6.45, 7) is 1.72. The van der Waals surface area contributed by atoms with Crippen LogP contribution in [0, 0.1) is 5.82 Å². The molecule has 0 bridgehead atoms. The Morgan fingerprint density at radius 2 is 1.64 bits per heavy atom. The quantitative estimate of drug-likeness (QED) is 0.373. The van der Waals surface area contributed by atoms with Crippen LogP contribution in [0.2, 0.25) is 0 Å². The molecule has 1 saturated carbocycles. The van der Waals surface area contributed by atoms with Gasteiger partial charge in [-0.25, -0.2) is 4.39 Å². The van der Waals surface area contributed by atoms with Crippen LogP contribution in [0.5, 0.6) is 0 Å². The fourth-order valence-electron chi connectivity index (χ4n) is 6.74. The lowest BCUT2D eigenvalue weighted by molar-refractivity contribution is -0.137. The number of halogens is 4. The highest BCUT2D eigenvalue weighted by Gasteiger charge is 2.54. The van der Waals surface area contributed by atoms with Crippen molar-refractivity contribution >= 4 is 12.0 Å². The number of nitrogens with one attached hydrogen (secondary N) is 1. The molecule has 1 saturated heterocycles. The lowest BCUT2D eigenvalue weighted by atomic mass is 9.60. The molecular weight excluding hydrogens is 504 g/mol. The molecule has 2 aliphatic carbocycles. The van der Waals surface area contributed by atoms with Crippen LogP contribution in [0.4, 0.5) is 17.6 Å². The van der Waals surface area contributed by atoms with E-state index in [2.05, 4.69) is 46.6 Å². The Labute approximate surface area is 225 Å². The molecule has 6 rings (SSSR count). The number of hydrogen-bond donors (Lipinski definition) is 1. The predicted molar refractivity (Wildman–Crippen MR) is 142 cm³/mol. The third kappa shape index (κ3) is 4.67. The summed E-state index contributed by atoms with van der Waals surface area (Å²) in [4.78, 5) is 16.1. The summed E-state index contributed by atoms with van der Waals surface area (Å²) < 4.78 is 53.3. The van der Waals surface area contributed by atoms with Crippen LogP contribution < -0.4 is 5.32 Å². The highest BCUT2D eigenvalue weighted by atomic mass is 19.4. The molecule has 1 N–H and O–H groups in total. The summed E-state index contributed by atoms with van der Waals surface area (Å²) in [5, 5.41) is 2.82. The van der Waals surface area contributed by atoms with Crippen LogP contribution in [-0.2, 0) is 28.3 Å². The van der Waals surface area contributed by atoms with Crippen molar-refractivity contribution in [2.45, 2.75) is 55.3 Å². The SMILES string of the molecule is O=C(NCc1cc(F)cc(C(F)(F)F)c1)C1(c2ccccc2)CC(N2CCC3(C=Cc4ccccc43)CC2)C1. The summed E-state index contributed by atoms with van der Waals surface area (Å²) in [7, 11) is 0. The molecule has 0 radical (unpaired) electrons. The molecule has 0 aromatic heterocycles. The zero-order valence-electron chi connectivity index (χ0n) is 21.5. The highest BCUT2D eigenvalue weighted by Crippen LogP contribution is 2.50. The number of alkyl halides is 3. The maximum absolute atomic E-state index is 13.9. The van der Waals surface area contributed by atoms with E-state index in [1.54, 1.807) is 0 Å². The number of amides is 1. The molecule has 1 heterocycles. The number of likely N-dealkylation sites (tertiary alicyclic amines) is 1. The number of piperidine rings is 1. The van der Waals surface area contributed by atoms with E-state index in [1.165, 1.54) is 11.1 Å². The first kappa shape index (κ1) is 25.8. The van der Waals surface area contributed by atoms with Gasteiger partial charge >= 0.3 is 6.18 Å². The van der Waals surface area contributed by atoms with Gasteiger partial charge in [-0.05, 0) is 79.2 Å². The van der Waals surface area contributed by atoms with Crippen molar-refractivity contribution in [1.82, 2.24) is 10.2 Å². The van der Waals surface area contributed by atoms with Crippen molar-refractivity contribution in [3.05, 3.63) is 113 Å². The molecule has 1 spiro atoms. The second kappa shape index (κ2) is 9.63. The average Bonchev–Trinajstić information content (AvgIpc) is 3.26. The molecule has 2 fully saturated rings. The molecule has 1 aliphatic heterocycles. The number of carbonyl (C=O) groups excluding carboxylic acids is 1. The standard InChI is InChI=1S/C32H30F4N2O/c33-26-17-22(16-25(18-26)32(34,35)36)21-37-29(39)31(24-7-2-1-3-8-24)19-27(20-31)38-14-12-30(13-15-38)11-10-23-6-4-5-9-28(23)30/h1-11,16-18,27H,12-15,19-21H2,(H,37,39). The Morgan fingerprint density at radius 1 is 0.949 bits per heavy atom. The van der Waals surface area contributed by atoms with Crippen molar-refractivity contribution in [1.29, 1.82) is 0 Å². The molecule has 3 nitrogen and oxygen atoms in total. The lowest BCUT2D eigenvalue weighted by Gasteiger charge is -2.53. The maximum atomic E-state index is 13.9. The van der Waals surface area contributed by atoms with Crippen molar-refractivity contribution in [2.24, 2.45) is 0 Å². The van der Waals surface area contributed by atoms with Crippen LogP contribution in [0.3, 0.4) is 0 Å². The molecule has 7 heteroatoms. The van der Waals surface area contributed by atoms with Gasteiger partial charge < -0.3 is 10.2 Å². The van der Waals surface area contributed by atoms with E-state index in [4.69, 9.17) is 0 Å². The molecular formula is C32H30F4N2O. The van der Waals surface area contributed by atoms with E-state index >= 15 is 0 Å². The number of carbonyl (C=O) groups is 1. The maximum Gasteiger partial charge on any atom is 0.416 e. The van der Waals surface area contributed by atoms with Crippen LogP contribution in [0.15, 0.2) is 78.9 Å². The van der Waals surface area contributed by atoms with Gasteiger partial charge in [-0.3, -0.25) is 4.79 Å². The van der Waals surface area contributed by atoms with E-state index in [1.807, 2.05) is 30.3 Å². The Bertz CT molecular complexity index is 1400. The monoisotopic (exact) mass is 534 g/mol. The van der Waals surface area contributed by atoms with Crippen molar-refractivity contribution < 1.29 is 22.4 Å². The number of allylic oxidation sites excluding steroid dienone is 1. The van der Waals surface area contributed by atoms with Crippen LogP contribution >= 0.6 is 0 Å². The average molecular weight is 535 g/mol. The minimum Gasteiger partial charge on any atom is -0.351 e. The molecule has 39 heavy (non-hydrogen) atoms. The third-order valence-electron chi connectivity index (χ3n) is 8.95. The highest BCUT2D eigenvalue weighted by molar-refractivity contribution is 5.89. The zero-order chi connectivity index (χ0) is 27.3. The summed E-state index contributed by atoms with van der Waals surface area (Å²) in [5.74, 6) is -1.21. The summed E-state index contributed by atoms with van der Waals surface area (Å²) in [5.41, 5.74) is 1.95. The van der Waals surface area contributed by atoms with Gasteiger partial charge in [0.05, 0.1) is 11.0 Å². The summed E-state index contributed by atoms with van der Waals surface area (Å²) in [6, 6.07) is 20.8. The molecule has 3 aromatic rings. The second-order valence-electron chi connectivity index (χ2n) is 11.2. The minimum absolute atomic E-state index is 0.0842. The smallest absolute Gasteiger partial charge is 0.351 e. The fraction of sp³-hybridized carbons (Fsp3) is 0.344. The van der Waals surface area contributed by atoms with E-state index in [0.717, 1.165) is 43.6 Å². The van der Waals surface area contributed by atoms with Crippen molar-refractivity contribution in [3.63, 3.8) is 0 Å². The fourth-order valence-corrected chi connectivity index (χ4v) is 6.74. The molecule has 0 unspecified atom stereocenters. The Hall–Kier alpha value is -3.45. The topological polar surface area (TPSA) is 32.3 Å². The first-order valence-electron chi connectivity index (χ1n) is 13.4. The molecule has 3 aromatic carbocycles. The van der Waals surface area contributed by atoms with Gasteiger partial charge in [0, 0.05) is 18.0 Å². The Balaban J connectivity index is 1.15. The van der Waals surface area contributed by atoms with Gasteiger partial charge in [0.2, 0.25) is 5.91 Å². The summed E-state index contributed by atoms with van der Waals surface area (Å²) in [6.07, 6.45) is 3.27. The largest absolute Gasteiger partial charge is 0.416 e. The minimum atomic E-state index is -4.66. The van der Waals surface area contributed by atoms with Gasteiger partial charge in [0.15, 0.2) is 0 Å². The summed E-state index contributed by atoms with van der Waals surface area (Å²) >= 11 is 0. The van der Waals surface area contributed by atoms with Crippen LogP contribution in [0.25, 0.3) is 6.08 Å². The van der Waals surface area contributed by atoms with Crippen LogP contribution in [0.1, 0.15) is 53.5 Å². The van der Waals surface area contributed by atoms with Gasteiger partial charge in [-0.1, -0.05) is 66.7 Å². The van der Waals surface area contributed by atoms with Gasteiger partial charge in [-0.2, -0.15) is 13.2 Å². The predicted octanol–water partition coefficient (Wildman–Crippen LogP) is 6.62. The zero-order valence-corrected chi connectivity index (χ0v) is 21.5. The van der Waals surface area contributed by atoms with Crippen molar-refractivity contribution in [3.8, 4) is 0 Å². The Kier molecular flexibility index (Phi) is 6.37. The second-order valence-corrected chi connectivity index (χ2v) is 11.2. The molecule has 3 aliphatic rings. The third-order valence-corrected chi connectivity index (χ3v) is 8.95. The van der Waals surface area contributed by atoms with Gasteiger partial charge in [0.1, 0.15) is 5.82 Å². The molecule has 1 amide bonds. The van der Waals surface area contributed by atoms with E-state index in [-0.39, 0.29) is 29.5 Å². The van der Waals surface area contributed by atoms with Crippen LogP contribution in [-0.4, -0.2) is 29.9 Å². The van der Waals surface area contributed by atoms with Gasteiger partial charge in [0.25, 0.3) is 0 Å². The normalized spacial score (nSPS) is 23.8. The molecule has 0 atom stereocenters. The van der Waals surface area contributed by atoms with Gasteiger partial charge in [-0.15, -0.1) is 0 Å². The first-order chi connectivity index (χ1) is 18.7. The first-order valence-corrected chi connectivity index (χ1v) is 13.4. The Morgan fingerprint density at radius 3 is 2.36 bits per heavy atom.